The van der Waals surface area contributed by atoms with Crippen molar-refractivity contribution in [3.8, 4) is 0 Å². The van der Waals surface area contributed by atoms with Gasteiger partial charge < -0.3 is 5.73 Å². The number of hydroxylamine groups is 1. The highest BCUT2D eigenvalue weighted by Gasteiger charge is 2.08. The van der Waals surface area contributed by atoms with E-state index in [0.717, 1.165) is 0 Å². The van der Waals surface area contributed by atoms with Gasteiger partial charge in [-0.25, -0.2) is 5.48 Å². The van der Waals surface area contributed by atoms with Gasteiger partial charge in [0.05, 0.1) is 0 Å². The molecular formula is C5H10N2O3. The van der Waals surface area contributed by atoms with Gasteiger partial charge in [0.1, 0.15) is 0 Å². The minimum atomic E-state index is -0.788. The number of carbonyl (C=O) groups excluding carboxylic acids is 2. The standard InChI is InChI=1S/C5H10N2O3/c1-3(5(6)9)10-7-4(2)8/h3H,1-2H3,(H2,6,9)(H,7,8)/t3-/m0/s1. The molecule has 0 saturated heterocycles. The van der Waals surface area contributed by atoms with Crippen molar-refractivity contribution in [3.63, 3.8) is 0 Å². The first-order valence-electron chi connectivity index (χ1n) is 2.75. The van der Waals surface area contributed by atoms with Crippen LogP contribution in [-0.4, -0.2) is 17.9 Å². The lowest BCUT2D eigenvalue weighted by atomic mass is 10.4. The zero-order chi connectivity index (χ0) is 8.15. The van der Waals surface area contributed by atoms with Crippen LogP contribution in [0.25, 0.3) is 0 Å². The summed E-state index contributed by atoms with van der Waals surface area (Å²) in [6, 6.07) is 0. The summed E-state index contributed by atoms with van der Waals surface area (Å²) in [6.45, 7) is 2.71. The molecule has 0 radical (unpaired) electrons. The Kier molecular flexibility index (Phi) is 3.42. The number of nitrogens with two attached hydrogens (primary N) is 1. The second-order valence-electron chi connectivity index (χ2n) is 1.82. The minimum Gasteiger partial charge on any atom is -0.367 e. The van der Waals surface area contributed by atoms with Crippen LogP contribution in [0.4, 0.5) is 0 Å². The molecule has 0 aromatic carbocycles. The van der Waals surface area contributed by atoms with Crippen molar-refractivity contribution in [2.24, 2.45) is 5.73 Å². The molecule has 0 rings (SSSR count). The minimum absolute atomic E-state index is 0.367. The Morgan fingerprint density at radius 2 is 2.10 bits per heavy atom. The van der Waals surface area contributed by atoms with Crippen LogP contribution in [0.5, 0.6) is 0 Å². The Labute approximate surface area is 58.5 Å². The Hall–Kier alpha value is -1.10. The number of hydrogen-bond donors (Lipinski definition) is 2. The van der Waals surface area contributed by atoms with E-state index in [1.807, 2.05) is 5.48 Å². The first-order valence-corrected chi connectivity index (χ1v) is 2.75. The van der Waals surface area contributed by atoms with E-state index in [-0.39, 0.29) is 5.91 Å². The molecule has 0 aromatic rings. The lowest BCUT2D eigenvalue weighted by Crippen LogP contribution is -2.35. The first kappa shape index (κ1) is 8.90. The Balaban J connectivity index is 3.49. The summed E-state index contributed by atoms with van der Waals surface area (Å²) in [7, 11) is 0. The number of rotatable bonds is 3. The van der Waals surface area contributed by atoms with E-state index < -0.39 is 12.0 Å². The van der Waals surface area contributed by atoms with Crippen LogP contribution >= 0.6 is 0 Å². The van der Waals surface area contributed by atoms with Crippen molar-refractivity contribution >= 4 is 11.8 Å². The monoisotopic (exact) mass is 146 g/mol. The van der Waals surface area contributed by atoms with Gasteiger partial charge in [-0.1, -0.05) is 0 Å². The molecular weight excluding hydrogens is 136 g/mol. The van der Waals surface area contributed by atoms with Gasteiger partial charge in [0.15, 0.2) is 6.10 Å². The van der Waals surface area contributed by atoms with E-state index >= 15 is 0 Å². The molecule has 0 aromatic heterocycles. The molecule has 10 heavy (non-hydrogen) atoms. The van der Waals surface area contributed by atoms with Gasteiger partial charge in [-0.15, -0.1) is 0 Å². The van der Waals surface area contributed by atoms with Crippen molar-refractivity contribution in [1.82, 2.24) is 5.48 Å². The molecule has 0 aliphatic carbocycles. The highest BCUT2D eigenvalue weighted by Crippen LogP contribution is 1.83. The van der Waals surface area contributed by atoms with Crippen molar-refractivity contribution in [2.45, 2.75) is 20.0 Å². The van der Waals surface area contributed by atoms with Gasteiger partial charge in [0.2, 0.25) is 11.8 Å². The second-order valence-corrected chi connectivity index (χ2v) is 1.82. The molecule has 5 nitrogen and oxygen atoms in total. The molecule has 0 spiro atoms. The second kappa shape index (κ2) is 3.84. The number of amides is 2. The average molecular weight is 146 g/mol. The molecule has 1 atom stereocenters. The molecule has 2 amide bonds. The number of hydrogen-bond acceptors (Lipinski definition) is 3. The van der Waals surface area contributed by atoms with E-state index in [1.165, 1.54) is 13.8 Å². The van der Waals surface area contributed by atoms with Crippen LogP contribution in [0.3, 0.4) is 0 Å². The summed E-state index contributed by atoms with van der Waals surface area (Å²) in [5.74, 6) is -0.984. The molecule has 58 valence electrons. The predicted octanol–water partition coefficient (Wildman–Crippen LogP) is -1.07. The van der Waals surface area contributed by atoms with Crippen molar-refractivity contribution in [1.29, 1.82) is 0 Å². The first-order chi connectivity index (χ1) is 4.54. The normalized spacial score (nSPS) is 12.2. The molecule has 0 heterocycles. The maximum atomic E-state index is 10.3. The Morgan fingerprint density at radius 3 is 2.40 bits per heavy atom. The summed E-state index contributed by atoms with van der Waals surface area (Å²) < 4.78 is 0. The third-order valence-electron chi connectivity index (χ3n) is 0.780. The molecule has 0 aliphatic rings. The van der Waals surface area contributed by atoms with Gasteiger partial charge in [0.25, 0.3) is 0 Å². The molecule has 5 heteroatoms. The average Bonchev–Trinajstić information content (AvgIpc) is 1.82. The molecule has 0 bridgehead atoms. The lowest BCUT2D eigenvalue weighted by molar-refractivity contribution is -0.143. The van der Waals surface area contributed by atoms with Gasteiger partial charge in [0, 0.05) is 6.92 Å². The fraction of sp³-hybridized carbons (Fsp3) is 0.600. The Bertz CT molecular complexity index is 146. The van der Waals surface area contributed by atoms with Crippen molar-refractivity contribution < 1.29 is 14.4 Å². The highest BCUT2D eigenvalue weighted by molar-refractivity contribution is 5.78. The SMILES string of the molecule is CC(=O)NO[C@@H](C)C(N)=O. The van der Waals surface area contributed by atoms with Crippen LogP contribution in [-0.2, 0) is 14.4 Å². The van der Waals surface area contributed by atoms with E-state index in [0.29, 0.717) is 0 Å². The fourth-order valence-electron chi connectivity index (χ4n) is 0.229. The van der Waals surface area contributed by atoms with E-state index in [1.54, 1.807) is 0 Å². The van der Waals surface area contributed by atoms with Crippen LogP contribution in [0, 0.1) is 0 Å². The van der Waals surface area contributed by atoms with Crippen LogP contribution in [0.15, 0.2) is 0 Å². The number of carbonyl (C=O) groups is 2. The third-order valence-corrected chi connectivity index (χ3v) is 0.780. The largest absolute Gasteiger partial charge is 0.367 e. The third kappa shape index (κ3) is 3.85. The summed E-state index contributed by atoms with van der Waals surface area (Å²) in [4.78, 5) is 24.9. The fourth-order valence-corrected chi connectivity index (χ4v) is 0.229. The van der Waals surface area contributed by atoms with Crippen molar-refractivity contribution in [3.05, 3.63) is 0 Å². The number of primary amides is 1. The van der Waals surface area contributed by atoms with Crippen LogP contribution in [0.2, 0.25) is 0 Å². The van der Waals surface area contributed by atoms with E-state index in [4.69, 9.17) is 5.73 Å². The lowest BCUT2D eigenvalue weighted by Gasteiger charge is -2.06. The predicted molar refractivity (Wildman–Crippen MR) is 33.6 cm³/mol. The zero-order valence-corrected chi connectivity index (χ0v) is 5.88. The molecule has 0 unspecified atom stereocenters. The van der Waals surface area contributed by atoms with Crippen LogP contribution in [0.1, 0.15) is 13.8 Å². The molecule has 3 N–H and O–H groups in total. The molecule has 0 fully saturated rings. The zero-order valence-electron chi connectivity index (χ0n) is 5.88. The Morgan fingerprint density at radius 1 is 1.60 bits per heavy atom. The smallest absolute Gasteiger partial charge is 0.249 e. The highest BCUT2D eigenvalue weighted by atomic mass is 16.7. The number of nitrogens with one attached hydrogen (secondary N) is 1. The van der Waals surface area contributed by atoms with Crippen LogP contribution < -0.4 is 11.2 Å². The van der Waals surface area contributed by atoms with Crippen molar-refractivity contribution in [2.75, 3.05) is 0 Å². The quantitative estimate of drug-likeness (QED) is 0.497. The van der Waals surface area contributed by atoms with E-state index in [9.17, 15) is 9.59 Å². The summed E-state index contributed by atoms with van der Waals surface area (Å²) in [5, 5.41) is 0. The summed E-state index contributed by atoms with van der Waals surface area (Å²) >= 11 is 0. The molecule has 0 saturated carbocycles. The maximum Gasteiger partial charge on any atom is 0.249 e. The van der Waals surface area contributed by atoms with Gasteiger partial charge in [-0.3, -0.25) is 14.4 Å². The summed E-state index contributed by atoms with van der Waals surface area (Å²) in [6.07, 6.45) is -0.788. The topological polar surface area (TPSA) is 81.4 Å². The van der Waals surface area contributed by atoms with E-state index in [2.05, 4.69) is 4.84 Å². The van der Waals surface area contributed by atoms with Gasteiger partial charge in [-0.05, 0) is 6.92 Å². The maximum absolute atomic E-state index is 10.3. The van der Waals surface area contributed by atoms with Gasteiger partial charge in [-0.2, -0.15) is 0 Å². The molecule has 0 aliphatic heterocycles. The summed E-state index contributed by atoms with van der Waals surface area (Å²) in [5.41, 5.74) is 6.79. The van der Waals surface area contributed by atoms with Gasteiger partial charge >= 0.3 is 0 Å².